The van der Waals surface area contributed by atoms with Crippen LogP contribution in [-0.4, -0.2) is 0 Å². The topological polar surface area (TPSA) is 0 Å². The summed E-state index contributed by atoms with van der Waals surface area (Å²) >= 11 is 0. The molecule has 0 saturated carbocycles. The quantitative estimate of drug-likeness (QED) is 0.650. The number of benzene rings is 2. The molecule has 1 radical (unpaired) electrons. The molecule has 0 fully saturated rings. The number of alkyl halides is 3. The van der Waals surface area contributed by atoms with Gasteiger partial charge in [-0.05, 0) is 29.8 Å². The van der Waals surface area contributed by atoms with E-state index in [4.69, 9.17) is 0 Å². The third-order valence-corrected chi connectivity index (χ3v) is 2.27. The Morgan fingerprint density at radius 2 is 1.76 bits per heavy atom. The Bertz CT molecular complexity index is 529. The first kappa shape index (κ1) is 11.6. The standard InChI is InChI=1S/C13H7F4/c14-10-5-3-4-9(8-10)11-6-1-2-7-12(11)13(15,16)17/h1-5,7-8H. The largest absolute Gasteiger partial charge is 0.417 e. The molecule has 0 heterocycles. The molecule has 0 saturated heterocycles. The van der Waals surface area contributed by atoms with Gasteiger partial charge in [-0.1, -0.05) is 24.3 Å². The summed E-state index contributed by atoms with van der Waals surface area (Å²) in [6.07, 6.45) is -4.47. The van der Waals surface area contributed by atoms with Crippen molar-refractivity contribution in [1.29, 1.82) is 0 Å². The van der Waals surface area contributed by atoms with Crippen molar-refractivity contribution in [2.75, 3.05) is 0 Å². The maximum absolute atomic E-state index is 13.0. The van der Waals surface area contributed by atoms with Crippen LogP contribution in [0, 0.1) is 11.9 Å². The Labute approximate surface area is 95.5 Å². The van der Waals surface area contributed by atoms with Crippen LogP contribution >= 0.6 is 0 Å². The Balaban J connectivity index is 2.60. The van der Waals surface area contributed by atoms with Gasteiger partial charge in [0.15, 0.2) is 0 Å². The Kier molecular flexibility index (Phi) is 2.88. The predicted octanol–water partition coefficient (Wildman–Crippen LogP) is 4.31. The van der Waals surface area contributed by atoms with Crippen LogP contribution in [0.2, 0.25) is 0 Å². The van der Waals surface area contributed by atoms with Crippen molar-refractivity contribution in [3.05, 3.63) is 59.9 Å². The molecule has 17 heavy (non-hydrogen) atoms. The number of hydrogen-bond donors (Lipinski definition) is 0. The molecule has 0 bridgehead atoms. The van der Waals surface area contributed by atoms with Crippen LogP contribution in [-0.2, 0) is 6.18 Å². The molecular formula is C13H7F4. The summed E-state index contributed by atoms with van der Waals surface area (Å²) in [6, 6.07) is 11.1. The summed E-state index contributed by atoms with van der Waals surface area (Å²) in [5, 5.41) is 0. The molecule has 2 rings (SSSR count). The van der Waals surface area contributed by atoms with Gasteiger partial charge in [-0.25, -0.2) is 4.39 Å². The first-order chi connectivity index (χ1) is 7.98. The molecule has 0 aliphatic rings. The number of rotatable bonds is 1. The summed E-state index contributed by atoms with van der Waals surface area (Å²) in [4.78, 5) is 0. The molecule has 4 heteroatoms. The van der Waals surface area contributed by atoms with Gasteiger partial charge in [-0.2, -0.15) is 13.2 Å². The maximum Gasteiger partial charge on any atom is 0.417 e. The second-order valence-electron chi connectivity index (χ2n) is 3.47. The van der Waals surface area contributed by atoms with Gasteiger partial charge in [0.05, 0.1) is 5.56 Å². The SMILES string of the molecule is Fc1cccc(-c2[c]cccc2C(F)(F)F)c1. The smallest absolute Gasteiger partial charge is 0.207 e. The zero-order valence-corrected chi connectivity index (χ0v) is 8.55. The molecule has 0 unspecified atom stereocenters. The van der Waals surface area contributed by atoms with Crippen molar-refractivity contribution < 1.29 is 17.6 Å². The van der Waals surface area contributed by atoms with E-state index in [1.165, 1.54) is 30.3 Å². The molecule has 0 amide bonds. The lowest BCUT2D eigenvalue weighted by Gasteiger charge is -2.12. The van der Waals surface area contributed by atoms with Gasteiger partial charge in [0.2, 0.25) is 0 Å². The van der Waals surface area contributed by atoms with Gasteiger partial charge < -0.3 is 0 Å². The molecule has 87 valence electrons. The van der Waals surface area contributed by atoms with E-state index in [1.54, 1.807) is 0 Å². The fourth-order valence-corrected chi connectivity index (χ4v) is 1.56. The highest BCUT2D eigenvalue weighted by molar-refractivity contribution is 5.67. The van der Waals surface area contributed by atoms with Gasteiger partial charge in [-0.3, -0.25) is 0 Å². The van der Waals surface area contributed by atoms with E-state index in [0.717, 1.165) is 12.1 Å². The van der Waals surface area contributed by atoms with Crippen molar-refractivity contribution in [2.45, 2.75) is 6.18 Å². The first-order valence-corrected chi connectivity index (χ1v) is 4.82. The fraction of sp³-hybridized carbons (Fsp3) is 0.0769. The number of halogens is 4. The minimum atomic E-state index is -4.47. The normalized spacial score (nSPS) is 11.5. The van der Waals surface area contributed by atoms with Crippen LogP contribution in [0.4, 0.5) is 17.6 Å². The molecule has 0 atom stereocenters. The fourth-order valence-electron chi connectivity index (χ4n) is 1.56. The van der Waals surface area contributed by atoms with E-state index >= 15 is 0 Å². The lowest BCUT2D eigenvalue weighted by Crippen LogP contribution is -2.06. The molecule has 0 nitrogen and oxygen atoms in total. The van der Waals surface area contributed by atoms with Crippen LogP contribution in [0.25, 0.3) is 11.1 Å². The zero-order valence-electron chi connectivity index (χ0n) is 8.55. The molecule has 2 aromatic carbocycles. The van der Waals surface area contributed by atoms with Gasteiger partial charge in [-0.15, -0.1) is 0 Å². The highest BCUT2D eigenvalue weighted by atomic mass is 19.4. The summed E-state index contributed by atoms with van der Waals surface area (Å²) in [5.41, 5.74) is -0.789. The average molecular weight is 239 g/mol. The van der Waals surface area contributed by atoms with Crippen LogP contribution < -0.4 is 0 Å². The highest BCUT2D eigenvalue weighted by Gasteiger charge is 2.33. The van der Waals surface area contributed by atoms with Gasteiger partial charge in [0.1, 0.15) is 5.82 Å². The Hall–Kier alpha value is -1.84. The van der Waals surface area contributed by atoms with Crippen LogP contribution in [0.5, 0.6) is 0 Å². The van der Waals surface area contributed by atoms with Gasteiger partial charge >= 0.3 is 6.18 Å². The molecule has 0 aromatic heterocycles. The number of hydrogen-bond acceptors (Lipinski definition) is 0. The Morgan fingerprint density at radius 1 is 1.00 bits per heavy atom. The Morgan fingerprint density at radius 3 is 2.41 bits per heavy atom. The first-order valence-electron chi connectivity index (χ1n) is 4.82. The second kappa shape index (κ2) is 4.20. The molecule has 0 spiro atoms. The molecule has 0 N–H and O–H groups in total. The van der Waals surface area contributed by atoms with E-state index < -0.39 is 17.6 Å². The van der Waals surface area contributed by atoms with Crippen molar-refractivity contribution >= 4 is 0 Å². The van der Waals surface area contributed by atoms with Crippen molar-refractivity contribution in [2.24, 2.45) is 0 Å². The van der Waals surface area contributed by atoms with E-state index in [-0.39, 0.29) is 11.1 Å². The van der Waals surface area contributed by atoms with Crippen molar-refractivity contribution in [3.8, 4) is 11.1 Å². The lowest BCUT2D eigenvalue weighted by molar-refractivity contribution is -0.137. The monoisotopic (exact) mass is 239 g/mol. The zero-order chi connectivity index (χ0) is 12.5. The molecule has 0 aliphatic carbocycles. The third kappa shape index (κ3) is 2.46. The maximum atomic E-state index is 13.0. The second-order valence-corrected chi connectivity index (χ2v) is 3.47. The van der Waals surface area contributed by atoms with Gasteiger partial charge in [0, 0.05) is 5.56 Å². The summed E-state index contributed by atoms with van der Waals surface area (Å²) < 4.78 is 51.1. The minimum absolute atomic E-state index is 0.139. The van der Waals surface area contributed by atoms with Gasteiger partial charge in [0.25, 0.3) is 0 Å². The molecular weight excluding hydrogens is 232 g/mol. The third-order valence-electron chi connectivity index (χ3n) is 2.27. The molecule has 0 aliphatic heterocycles. The van der Waals surface area contributed by atoms with E-state index in [2.05, 4.69) is 6.07 Å². The summed E-state index contributed by atoms with van der Waals surface area (Å²) in [6.45, 7) is 0. The average Bonchev–Trinajstić information content (AvgIpc) is 2.28. The van der Waals surface area contributed by atoms with E-state index in [1.807, 2.05) is 0 Å². The minimum Gasteiger partial charge on any atom is -0.207 e. The van der Waals surface area contributed by atoms with Crippen molar-refractivity contribution in [3.63, 3.8) is 0 Å². The van der Waals surface area contributed by atoms with Crippen LogP contribution in [0.3, 0.4) is 0 Å². The van der Waals surface area contributed by atoms with E-state index in [0.29, 0.717) is 0 Å². The van der Waals surface area contributed by atoms with Crippen LogP contribution in [0.1, 0.15) is 5.56 Å². The highest BCUT2D eigenvalue weighted by Crippen LogP contribution is 2.36. The van der Waals surface area contributed by atoms with Crippen molar-refractivity contribution in [1.82, 2.24) is 0 Å². The van der Waals surface area contributed by atoms with Crippen LogP contribution in [0.15, 0.2) is 42.5 Å². The van der Waals surface area contributed by atoms with E-state index in [9.17, 15) is 17.6 Å². The predicted molar refractivity (Wildman–Crippen MR) is 55.7 cm³/mol. The lowest BCUT2D eigenvalue weighted by atomic mass is 9.99. The molecule has 2 aromatic rings. The summed E-state index contributed by atoms with van der Waals surface area (Å²) in [7, 11) is 0. The summed E-state index contributed by atoms with van der Waals surface area (Å²) in [5.74, 6) is -0.576.